The van der Waals surface area contributed by atoms with Crippen LogP contribution in [0.1, 0.15) is 24.8 Å². The van der Waals surface area contributed by atoms with E-state index in [2.05, 4.69) is 15.3 Å². The summed E-state index contributed by atoms with van der Waals surface area (Å²) in [5, 5.41) is 4.38. The molecule has 0 aliphatic carbocycles. The lowest BCUT2D eigenvalue weighted by molar-refractivity contribution is -0.147. The number of benzene rings is 2. The number of amides is 2. The minimum Gasteiger partial charge on any atom is -0.493 e. The fourth-order valence-electron chi connectivity index (χ4n) is 5.15. The summed E-state index contributed by atoms with van der Waals surface area (Å²) in [5.41, 5.74) is 2.71. The third-order valence-corrected chi connectivity index (χ3v) is 8.94. The summed E-state index contributed by atoms with van der Waals surface area (Å²) in [6.07, 6.45) is 5.07. The van der Waals surface area contributed by atoms with Crippen LogP contribution in [0.25, 0.3) is 11.1 Å². The molecular weight excluding hydrogens is 627 g/mol. The Morgan fingerprint density at radius 3 is 2.41 bits per heavy atom. The molecule has 10 nitrogen and oxygen atoms in total. The van der Waals surface area contributed by atoms with Crippen LogP contribution in [0.5, 0.6) is 11.5 Å². The SMILES string of the molecule is COC(=O)CC(=O)N1CC(Cc2ccc(Cl)c(Cl)c2)CC1CCNC(=O)CSc1ncc(-c2ccc(OC)c(OC)c2)cn1. The van der Waals surface area contributed by atoms with Crippen molar-refractivity contribution in [3.8, 4) is 22.6 Å². The van der Waals surface area contributed by atoms with Gasteiger partial charge in [-0.15, -0.1) is 0 Å². The molecule has 2 unspecified atom stereocenters. The number of rotatable bonds is 13. The predicted octanol–water partition coefficient (Wildman–Crippen LogP) is 5.09. The number of thioether (sulfide) groups is 1. The summed E-state index contributed by atoms with van der Waals surface area (Å²) < 4.78 is 15.3. The lowest BCUT2D eigenvalue weighted by Crippen LogP contribution is -2.39. The highest BCUT2D eigenvalue weighted by Crippen LogP contribution is 2.33. The average Bonchev–Trinajstić information content (AvgIpc) is 3.43. The Hall–Kier alpha value is -3.54. The van der Waals surface area contributed by atoms with E-state index in [1.165, 1.54) is 18.9 Å². The molecule has 2 heterocycles. The predicted molar refractivity (Wildman–Crippen MR) is 169 cm³/mol. The number of carbonyl (C=O) groups is 3. The van der Waals surface area contributed by atoms with E-state index >= 15 is 0 Å². The highest BCUT2D eigenvalue weighted by atomic mass is 35.5. The molecular formula is C31H34Cl2N4O6S. The van der Waals surface area contributed by atoms with Crippen molar-refractivity contribution in [2.75, 3.05) is 40.2 Å². The second-order valence-electron chi connectivity index (χ2n) is 10.3. The van der Waals surface area contributed by atoms with Gasteiger partial charge in [-0.2, -0.15) is 0 Å². The first-order chi connectivity index (χ1) is 21.2. The molecule has 3 aromatic rings. The molecule has 44 heavy (non-hydrogen) atoms. The van der Waals surface area contributed by atoms with Gasteiger partial charge in [-0.05, 0) is 60.6 Å². The van der Waals surface area contributed by atoms with Crippen molar-refractivity contribution < 1.29 is 28.6 Å². The zero-order valence-corrected chi connectivity index (χ0v) is 27.0. The normalized spacial score (nSPS) is 16.0. The van der Waals surface area contributed by atoms with Gasteiger partial charge in [0.25, 0.3) is 0 Å². The molecule has 1 fully saturated rings. The average molecular weight is 662 g/mol. The standard InChI is InChI=1S/C31H34Cl2N4O6S/c1-41-26-7-5-21(13-27(26)42-2)22-15-35-31(36-16-22)44-18-28(38)34-9-8-23-11-20(10-19-4-6-24(32)25(33)12-19)17-37(23)29(39)14-30(40)43-3/h4-7,12-13,15-16,20,23H,8-11,14,17-18H2,1-3H3,(H,34,38). The molecule has 1 N–H and O–H groups in total. The fourth-order valence-corrected chi connectivity index (χ4v) is 6.09. The molecule has 0 bridgehead atoms. The van der Waals surface area contributed by atoms with Gasteiger partial charge in [-0.3, -0.25) is 14.4 Å². The number of likely N-dealkylation sites (tertiary alicyclic amines) is 1. The zero-order valence-electron chi connectivity index (χ0n) is 24.7. The summed E-state index contributed by atoms with van der Waals surface area (Å²) in [7, 11) is 4.42. The number of halogens is 2. The van der Waals surface area contributed by atoms with E-state index in [9.17, 15) is 14.4 Å². The molecule has 1 saturated heterocycles. The third-order valence-electron chi connectivity index (χ3n) is 7.33. The molecule has 0 radical (unpaired) electrons. The smallest absolute Gasteiger partial charge is 0.315 e. The van der Waals surface area contributed by atoms with Crippen LogP contribution in [0.3, 0.4) is 0 Å². The molecule has 1 aromatic heterocycles. The van der Waals surface area contributed by atoms with Crippen molar-refractivity contribution in [1.29, 1.82) is 0 Å². The zero-order chi connectivity index (χ0) is 31.6. The van der Waals surface area contributed by atoms with E-state index in [0.29, 0.717) is 52.6 Å². The third kappa shape index (κ3) is 8.99. The monoisotopic (exact) mass is 660 g/mol. The number of nitrogens with zero attached hydrogens (tertiary/aromatic N) is 3. The molecule has 2 aromatic carbocycles. The minimum atomic E-state index is -0.578. The van der Waals surface area contributed by atoms with E-state index in [0.717, 1.165) is 23.1 Å². The number of methoxy groups -OCH3 is 3. The number of carbonyl (C=O) groups excluding carboxylic acids is 3. The molecule has 1 aliphatic rings. The van der Waals surface area contributed by atoms with Gasteiger partial charge in [0.2, 0.25) is 11.8 Å². The molecule has 4 rings (SSSR count). The quantitative estimate of drug-likeness (QED) is 0.116. The molecule has 2 amide bonds. The summed E-state index contributed by atoms with van der Waals surface area (Å²) >= 11 is 13.5. The van der Waals surface area contributed by atoms with Crippen LogP contribution in [0.4, 0.5) is 0 Å². The molecule has 0 spiro atoms. The lowest BCUT2D eigenvalue weighted by atomic mass is 9.96. The van der Waals surface area contributed by atoms with Crippen molar-refractivity contribution in [2.24, 2.45) is 5.92 Å². The van der Waals surface area contributed by atoms with Crippen LogP contribution in [-0.2, 0) is 25.5 Å². The molecule has 13 heteroatoms. The second kappa shape index (κ2) is 16.0. The van der Waals surface area contributed by atoms with Crippen molar-refractivity contribution in [3.63, 3.8) is 0 Å². The van der Waals surface area contributed by atoms with E-state index in [-0.39, 0.29) is 35.9 Å². The summed E-state index contributed by atoms with van der Waals surface area (Å²) in [6, 6.07) is 11.0. The number of esters is 1. The number of aromatic nitrogens is 2. The first-order valence-corrected chi connectivity index (χ1v) is 15.7. The van der Waals surface area contributed by atoms with Crippen LogP contribution < -0.4 is 14.8 Å². The van der Waals surface area contributed by atoms with Crippen molar-refractivity contribution in [1.82, 2.24) is 20.2 Å². The maximum atomic E-state index is 12.9. The van der Waals surface area contributed by atoms with Crippen LogP contribution in [0.2, 0.25) is 10.0 Å². The van der Waals surface area contributed by atoms with E-state index < -0.39 is 5.97 Å². The molecule has 1 aliphatic heterocycles. The number of hydrogen-bond donors (Lipinski definition) is 1. The Balaban J connectivity index is 1.28. The van der Waals surface area contributed by atoms with Gasteiger partial charge < -0.3 is 24.4 Å². The van der Waals surface area contributed by atoms with Gasteiger partial charge in [-0.1, -0.05) is 47.1 Å². The largest absolute Gasteiger partial charge is 0.493 e. The maximum absolute atomic E-state index is 12.9. The summed E-state index contributed by atoms with van der Waals surface area (Å²) in [5.74, 6) is 0.526. The first-order valence-electron chi connectivity index (χ1n) is 13.9. The van der Waals surface area contributed by atoms with Gasteiger partial charge in [0, 0.05) is 37.1 Å². The highest BCUT2D eigenvalue weighted by molar-refractivity contribution is 7.99. The van der Waals surface area contributed by atoms with Gasteiger partial charge in [0.05, 0.1) is 37.1 Å². The Morgan fingerprint density at radius 1 is 0.977 bits per heavy atom. The van der Waals surface area contributed by atoms with Gasteiger partial charge in [0.15, 0.2) is 16.7 Å². The van der Waals surface area contributed by atoms with Gasteiger partial charge >= 0.3 is 5.97 Å². The van der Waals surface area contributed by atoms with Crippen molar-refractivity contribution >= 4 is 52.7 Å². The number of hydrogen-bond acceptors (Lipinski definition) is 9. The Bertz CT molecular complexity index is 1480. The van der Waals surface area contributed by atoms with Crippen LogP contribution in [0.15, 0.2) is 53.9 Å². The number of ether oxygens (including phenoxy) is 3. The van der Waals surface area contributed by atoms with E-state index in [1.807, 2.05) is 30.3 Å². The molecule has 234 valence electrons. The highest BCUT2D eigenvalue weighted by Gasteiger charge is 2.35. The van der Waals surface area contributed by atoms with Crippen molar-refractivity contribution in [2.45, 2.75) is 36.9 Å². The van der Waals surface area contributed by atoms with Gasteiger partial charge in [-0.25, -0.2) is 9.97 Å². The lowest BCUT2D eigenvalue weighted by Gasteiger charge is -2.24. The molecule has 0 saturated carbocycles. The Kier molecular flexibility index (Phi) is 12.1. The summed E-state index contributed by atoms with van der Waals surface area (Å²) in [6.45, 7) is 0.881. The van der Waals surface area contributed by atoms with Crippen LogP contribution in [0, 0.1) is 5.92 Å². The van der Waals surface area contributed by atoms with Crippen LogP contribution in [-0.4, -0.2) is 78.9 Å². The first kappa shape index (κ1) is 33.4. The summed E-state index contributed by atoms with van der Waals surface area (Å²) in [4.78, 5) is 47.8. The fraction of sp³-hybridized carbons (Fsp3) is 0.387. The van der Waals surface area contributed by atoms with Crippen LogP contribution >= 0.6 is 35.0 Å². The van der Waals surface area contributed by atoms with E-state index in [4.69, 9.17) is 37.4 Å². The van der Waals surface area contributed by atoms with Gasteiger partial charge in [0.1, 0.15) is 6.42 Å². The topological polar surface area (TPSA) is 120 Å². The Morgan fingerprint density at radius 2 is 1.73 bits per heavy atom. The Labute approximate surface area is 270 Å². The number of nitrogens with one attached hydrogen (secondary N) is 1. The van der Waals surface area contributed by atoms with Crippen molar-refractivity contribution in [3.05, 3.63) is 64.4 Å². The second-order valence-corrected chi connectivity index (χ2v) is 12.0. The maximum Gasteiger partial charge on any atom is 0.315 e. The molecule has 2 atom stereocenters. The minimum absolute atomic E-state index is 0.125. The van der Waals surface area contributed by atoms with E-state index in [1.54, 1.807) is 37.6 Å².